The van der Waals surface area contributed by atoms with Crippen LogP contribution >= 0.6 is 0 Å². The third-order valence-corrected chi connectivity index (χ3v) is 2.92. The molecule has 1 aromatic rings. The van der Waals surface area contributed by atoms with Gasteiger partial charge in [0.1, 0.15) is 17.4 Å². The minimum Gasteiger partial charge on any atom is -0.409 e. The molecule has 7 heteroatoms. The highest BCUT2D eigenvalue weighted by molar-refractivity contribution is 6.08. The topological polar surface area (TPSA) is 87.7 Å². The summed E-state index contributed by atoms with van der Waals surface area (Å²) in [5.74, 6) is -4.07. The Morgan fingerprint density at radius 3 is 2.50 bits per heavy atom. The number of hydrogen-bond acceptors (Lipinski definition) is 3. The van der Waals surface area contributed by atoms with Crippen molar-refractivity contribution in [3.8, 4) is 0 Å². The second kappa shape index (κ2) is 6.31. The van der Waals surface area contributed by atoms with Crippen molar-refractivity contribution >= 4 is 17.4 Å². The number of oxime groups is 1. The van der Waals surface area contributed by atoms with Crippen LogP contribution in [-0.2, 0) is 4.79 Å². The molecule has 5 nitrogen and oxygen atoms in total. The summed E-state index contributed by atoms with van der Waals surface area (Å²) in [4.78, 5) is 12.1. The van der Waals surface area contributed by atoms with Crippen LogP contribution in [0.2, 0.25) is 0 Å². The molecule has 0 heterocycles. The van der Waals surface area contributed by atoms with Crippen LogP contribution in [0.4, 0.5) is 14.5 Å². The van der Waals surface area contributed by atoms with Gasteiger partial charge in [0.15, 0.2) is 11.7 Å². The zero-order valence-electron chi connectivity index (χ0n) is 11.4. The van der Waals surface area contributed by atoms with Crippen molar-refractivity contribution in [1.29, 1.82) is 0 Å². The molecule has 0 radical (unpaired) electrons. The smallest absolute Gasteiger partial charge is 0.235 e. The van der Waals surface area contributed by atoms with Gasteiger partial charge in [0, 0.05) is 0 Å². The SMILES string of the molecule is Cc1ccc(F)c(NC(=O)C(/C(N)=N/O)C(C)C)c1F. The van der Waals surface area contributed by atoms with Crippen LogP contribution in [0, 0.1) is 30.4 Å². The standard InChI is InChI=1S/C13H17F2N3O2/c1-6(2)9(12(16)18-20)13(19)17-11-8(14)5-4-7(3)10(11)15/h4-6,9,20H,1-3H3,(H2,16,18)(H,17,19). The van der Waals surface area contributed by atoms with Crippen molar-refractivity contribution < 1.29 is 18.8 Å². The zero-order chi connectivity index (χ0) is 15.4. The van der Waals surface area contributed by atoms with Crippen molar-refractivity contribution in [3.63, 3.8) is 0 Å². The first-order chi connectivity index (χ1) is 9.29. The van der Waals surface area contributed by atoms with Crippen LogP contribution in [-0.4, -0.2) is 17.0 Å². The predicted molar refractivity (Wildman–Crippen MR) is 71.5 cm³/mol. The quantitative estimate of drug-likeness (QED) is 0.343. The highest BCUT2D eigenvalue weighted by Crippen LogP contribution is 2.23. The lowest BCUT2D eigenvalue weighted by atomic mass is 9.93. The van der Waals surface area contributed by atoms with E-state index in [0.29, 0.717) is 0 Å². The summed E-state index contributed by atoms with van der Waals surface area (Å²) in [5.41, 5.74) is 5.10. The van der Waals surface area contributed by atoms with Gasteiger partial charge in [0.25, 0.3) is 0 Å². The molecule has 110 valence electrons. The number of nitrogens with two attached hydrogens (primary N) is 1. The van der Waals surface area contributed by atoms with Crippen molar-refractivity contribution in [3.05, 3.63) is 29.3 Å². The number of halogens is 2. The average molecular weight is 285 g/mol. The number of carbonyl (C=O) groups is 1. The average Bonchev–Trinajstić information content (AvgIpc) is 2.38. The van der Waals surface area contributed by atoms with Crippen LogP contribution in [0.25, 0.3) is 0 Å². The predicted octanol–water partition coefficient (Wildman–Crippen LogP) is 2.23. The van der Waals surface area contributed by atoms with Crippen LogP contribution < -0.4 is 11.1 Å². The van der Waals surface area contributed by atoms with Gasteiger partial charge in [-0.05, 0) is 24.5 Å². The summed E-state index contributed by atoms with van der Waals surface area (Å²) in [6.07, 6.45) is 0. The summed E-state index contributed by atoms with van der Waals surface area (Å²) in [6.45, 7) is 4.80. The van der Waals surface area contributed by atoms with E-state index in [1.807, 2.05) is 0 Å². The van der Waals surface area contributed by atoms with E-state index in [2.05, 4.69) is 10.5 Å². The maximum absolute atomic E-state index is 13.8. The van der Waals surface area contributed by atoms with Crippen LogP contribution in [0.15, 0.2) is 17.3 Å². The number of amidine groups is 1. The van der Waals surface area contributed by atoms with Crippen LogP contribution in [0.3, 0.4) is 0 Å². The fourth-order valence-corrected chi connectivity index (χ4v) is 1.81. The van der Waals surface area contributed by atoms with E-state index in [4.69, 9.17) is 10.9 Å². The maximum Gasteiger partial charge on any atom is 0.235 e. The number of anilines is 1. The van der Waals surface area contributed by atoms with Gasteiger partial charge in [-0.1, -0.05) is 25.1 Å². The van der Waals surface area contributed by atoms with Crippen molar-refractivity contribution in [2.24, 2.45) is 22.7 Å². The number of benzene rings is 1. The first-order valence-corrected chi connectivity index (χ1v) is 6.02. The molecular formula is C13H17F2N3O2. The molecule has 1 atom stereocenters. The lowest BCUT2D eigenvalue weighted by molar-refractivity contribution is -0.119. The largest absolute Gasteiger partial charge is 0.409 e. The molecule has 1 rings (SSSR count). The van der Waals surface area contributed by atoms with Gasteiger partial charge in [-0.2, -0.15) is 0 Å². The van der Waals surface area contributed by atoms with Crippen molar-refractivity contribution in [2.75, 3.05) is 5.32 Å². The van der Waals surface area contributed by atoms with Gasteiger partial charge in [0.2, 0.25) is 5.91 Å². The van der Waals surface area contributed by atoms with Gasteiger partial charge in [-0.15, -0.1) is 0 Å². The Balaban J connectivity index is 3.09. The van der Waals surface area contributed by atoms with E-state index in [1.165, 1.54) is 13.0 Å². The molecule has 4 N–H and O–H groups in total. The number of hydrogen-bond donors (Lipinski definition) is 3. The second-order valence-corrected chi connectivity index (χ2v) is 4.79. The number of aryl methyl sites for hydroxylation is 1. The molecule has 1 amide bonds. The Bertz CT molecular complexity index is 545. The molecule has 0 spiro atoms. The Kier molecular flexibility index (Phi) is 5.01. The van der Waals surface area contributed by atoms with E-state index in [1.54, 1.807) is 13.8 Å². The third kappa shape index (κ3) is 3.23. The zero-order valence-corrected chi connectivity index (χ0v) is 11.4. The molecule has 0 aliphatic heterocycles. The van der Waals surface area contributed by atoms with E-state index in [-0.39, 0.29) is 17.3 Å². The third-order valence-electron chi connectivity index (χ3n) is 2.92. The lowest BCUT2D eigenvalue weighted by Crippen LogP contribution is -2.38. The molecule has 0 saturated carbocycles. The molecule has 20 heavy (non-hydrogen) atoms. The fourth-order valence-electron chi connectivity index (χ4n) is 1.81. The molecule has 0 bridgehead atoms. The Morgan fingerprint density at radius 2 is 2.00 bits per heavy atom. The van der Waals surface area contributed by atoms with Crippen molar-refractivity contribution in [1.82, 2.24) is 0 Å². The summed E-state index contributed by atoms with van der Waals surface area (Å²) in [5, 5.41) is 13.6. The van der Waals surface area contributed by atoms with E-state index in [0.717, 1.165) is 6.07 Å². The highest BCUT2D eigenvalue weighted by atomic mass is 19.1. The number of amides is 1. The summed E-state index contributed by atoms with van der Waals surface area (Å²) in [6, 6.07) is 2.33. The molecule has 0 saturated heterocycles. The van der Waals surface area contributed by atoms with E-state index in [9.17, 15) is 13.6 Å². The van der Waals surface area contributed by atoms with Gasteiger partial charge in [-0.3, -0.25) is 4.79 Å². The molecule has 1 unspecified atom stereocenters. The number of nitrogens with zero attached hydrogens (tertiary/aromatic N) is 1. The minimum atomic E-state index is -0.987. The monoisotopic (exact) mass is 285 g/mol. The maximum atomic E-state index is 13.8. The van der Waals surface area contributed by atoms with E-state index >= 15 is 0 Å². The summed E-state index contributed by atoms with van der Waals surface area (Å²) >= 11 is 0. The Hall–Kier alpha value is -2.18. The summed E-state index contributed by atoms with van der Waals surface area (Å²) in [7, 11) is 0. The Morgan fingerprint density at radius 1 is 1.40 bits per heavy atom. The van der Waals surface area contributed by atoms with Crippen LogP contribution in [0.1, 0.15) is 19.4 Å². The lowest BCUT2D eigenvalue weighted by Gasteiger charge is -2.19. The molecule has 0 aromatic heterocycles. The molecule has 0 aliphatic carbocycles. The summed E-state index contributed by atoms with van der Waals surface area (Å²) < 4.78 is 27.4. The molecular weight excluding hydrogens is 268 g/mol. The number of nitrogens with one attached hydrogen (secondary N) is 1. The molecule has 0 fully saturated rings. The van der Waals surface area contributed by atoms with Crippen molar-refractivity contribution in [2.45, 2.75) is 20.8 Å². The second-order valence-electron chi connectivity index (χ2n) is 4.79. The van der Waals surface area contributed by atoms with Gasteiger partial charge < -0.3 is 16.3 Å². The highest BCUT2D eigenvalue weighted by Gasteiger charge is 2.28. The van der Waals surface area contributed by atoms with E-state index < -0.39 is 29.1 Å². The van der Waals surface area contributed by atoms with Crippen LogP contribution in [0.5, 0.6) is 0 Å². The molecule has 1 aromatic carbocycles. The minimum absolute atomic E-state index is 0.201. The van der Waals surface area contributed by atoms with Gasteiger partial charge >= 0.3 is 0 Å². The fraction of sp³-hybridized carbons (Fsp3) is 0.385. The molecule has 0 aliphatic rings. The number of rotatable bonds is 4. The Labute approximate surface area is 115 Å². The normalized spacial score (nSPS) is 13.4. The van der Waals surface area contributed by atoms with Gasteiger partial charge in [-0.25, -0.2) is 8.78 Å². The first kappa shape index (κ1) is 15.9. The number of carbonyl (C=O) groups excluding carboxylic acids is 1. The first-order valence-electron chi connectivity index (χ1n) is 6.02. The van der Waals surface area contributed by atoms with Gasteiger partial charge in [0.05, 0.1) is 0 Å².